The van der Waals surface area contributed by atoms with Gasteiger partial charge >= 0.3 is 0 Å². The summed E-state index contributed by atoms with van der Waals surface area (Å²) >= 11 is 5.95. The minimum absolute atomic E-state index is 0.513. The van der Waals surface area contributed by atoms with E-state index < -0.39 is 0 Å². The standard InChI is InChI=1S/C21H18ClN5O/c1-14-11-20(27-28-14)25-19-12-18(16-5-3-2-4-6-16)24-21(26-19)23-13-15-7-9-17(22)10-8-15/h2-12H,13H2,1H3,(H2,23,24,25,26,27). The molecule has 28 heavy (non-hydrogen) atoms. The van der Waals surface area contributed by atoms with Gasteiger partial charge in [-0.05, 0) is 24.6 Å². The highest BCUT2D eigenvalue weighted by Gasteiger charge is 2.09. The molecule has 0 unspecified atom stereocenters. The number of rotatable bonds is 6. The second kappa shape index (κ2) is 8.10. The summed E-state index contributed by atoms with van der Waals surface area (Å²) in [6.07, 6.45) is 0. The SMILES string of the molecule is Cc1cc(Nc2cc(-c3ccccc3)nc(NCc3ccc(Cl)cc3)n2)no1. The molecule has 0 saturated heterocycles. The van der Waals surface area contributed by atoms with Gasteiger partial charge in [-0.3, -0.25) is 0 Å². The van der Waals surface area contributed by atoms with Crippen molar-refractivity contribution in [2.45, 2.75) is 13.5 Å². The average molecular weight is 392 g/mol. The Kier molecular flexibility index (Phi) is 5.21. The molecule has 0 aliphatic carbocycles. The van der Waals surface area contributed by atoms with Crippen molar-refractivity contribution in [2.24, 2.45) is 0 Å². The molecule has 4 rings (SSSR count). The first-order valence-corrected chi connectivity index (χ1v) is 9.17. The summed E-state index contributed by atoms with van der Waals surface area (Å²) in [4.78, 5) is 9.21. The van der Waals surface area contributed by atoms with Gasteiger partial charge in [0.05, 0.1) is 5.69 Å². The summed E-state index contributed by atoms with van der Waals surface area (Å²) in [5.41, 5.74) is 2.88. The molecule has 0 fully saturated rings. The van der Waals surface area contributed by atoms with Crippen LogP contribution in [0.15, 0.2) is 71.3 Å². The van der Waals surface area contributed by atoms with Crippen molar-refractivity contribution in [3.8, 4) is 11.3 Å². The van der Waals surface area contributed by atoms with Crippen molar-refractivity contribution >= 4 is 29.2 Å². The number of benzene rings is 2. The number of halogens is 1. The first-order chi connectivity index (χ1) is 13.7. The van der Waals surface area contributed by atoms with E-state index in [1.807, 2.05) is 73.7 Å². The van der Waals surface area contributed by atoms with Gasteiger partial charge in [0.2, 0.25) is 5.95 Å². The minimum atomic E-state index is 0.513. The maximum Gasteiger partial charge on any atom is 0.225 e. The molecule has 140 valence electrons. The van der Waals surface area contributed by atoms with Crippen LogP contribution in [0, 0.1) is 6.92 Å². The number of aromatic nitrogens is 3. The zero-order chi connectivity index (χ0) is 19.3. The summed E-state index contributed by atoms with van der Waals surface area (Å²) in [5.74, 6) is 2.46. The zero-order valence-corrected chi connectivity index (χ0v) is 15.9. The van der Waals surface area contributed by atoms with Gasteiger partial charge in [-0.1, -0.05) is 59.2 Å². The summed E-state index contributed by atoms with van der Waals surface area (Å²) in [6, 6.07) is 21.3. The van der Waals surface area contributed by atoms with Crippen LogP contribution in [-0.2, 0) is 6.54 Å². The van der Waals surface area contributed by atoms with Crippen LogP contribution < -0.4 is 10.6 Å². The largest absolute Gasteiger partial charge is 0.360 e. The fourth-order valence-corrected chi connectivity index (χ4v) is 2.81. The van der Waals surface area contributed by atoms with E-state index in [4.69, 9.17) is 16.1 Å². The molecule has 4 aromatic rings. The van der Waals surface area contributed by atoms with Gasteiger partial charge in [-0.25, -0.2) is 4.98 Å². The van der Waals surface area contributed by atoms with Gasteiger partial charge in [0.25, 0.3) is 0 Å². The molecule has 0 radical (unpaired) electrons. The summed E-state index contributed by atoms with van der Waals surface area (Å²) in [7, 11) is 0. The molecular weight excluding hydrogens is 374 g/mol. The van der Waals surface area contributed by atoms with E-state index in [1.54, 1.807) is 0 Å². The van der Waals surface area contributed by atoms with Gasteiger partial charge < -0.3 is 15.2 Å². The molecule has 0 bridgehead atoms. The van der Waals surface area contributed by atoms with Crippen LogP contribution in [-0.4, -0.2) is 15.1 Å². The summed E-state index contributed by atoms with van der Waals surface area (Å²) < 4.78 is 5.11. The van der Waals surface area contributed by atoms with Gasteiger partial charge in [0.1, 0.15) is 11.6 Å². The van der Waals surface area contributed by atoms with Crippen LogP contribution in [0.3, 0.4) is 0 Å². The highest BCUT2D eigenvalue weighted by atomic mass is 35.5. The molecular formula is C21H18ClN5O. The topological polar surface area (TPSA) is 75.9 Å². The molecule has 2 N–H and O–H groups in total. The van der Waals surface area contributed by atoms with Crippen molar-refractivity contribution in [2.75, 3.05) is 10.6 Å². The molecule has 2 aromatic carbocycles. The highest BCUT2D eigenvalue weighted by molar-refractivity contribution is 6.30. The lowest BCUT2D eigenvalue weighted by Gasteiger charge is -2.10. The van der Waals surface area contributed by atoms with Crippen molar-refractivity contribution in [3.05, 3.63) is 83.1 Å². The van der Waals surface area contributed by atoms with Crippen LogP contribution in [0.25, 0.3) is 11.3 Å². The molecule has 0 aliphatic heterocycles. The Balaban J connectivity index is 1.62. The number of nitrogens with zero attached hydrogens (tertiary/aromatic N) is 3. The van der Waals surface area contributed by atoms with Crippen molar-refractivity contribution in [1.29, 1.82) is 0 Å². The molecule has 2 aromatic heterocycles. The Hall–Kier alpha value is -3.38. The zero-order valence-electron chi connectivity index (χ0n) is 15.2. The Morgan fingerprint density at radius 1 is 0.929 bits per heavy atom. The molecule has 7 heteroatoms. The van der Waals surface area contributed by atoms with E-state index in [9.17, 15) is 0 Å². The normalized spacial score (nSPS) is 10.6. The lowest BCUT2D eigenvalue weighted by Crippen LogP contribution is -2.06. The molecule has 0 aliphatic rings. The van der Waals surface area contributed by atoms with Crippen LogP contribution in [0.4, 0.5) is 17.6 Å². The Morgan fingerprint density at radius 2 is 1.71 bits per heavy atom. The van der Waals surface area contributed by atoms with Gasteiger partial charge in [-0.15, -0.1) is 0 Å². The molecule has 0 saturated carbocycles. The maximum absolute atomic E-state index is 5.95. The predicted octanol–water partition coefficient (Wildman–Crippen LogP) is 5.45. The molecule has 0 atom stereocenters. The lowest BCUT2D eigenvalue weighted by molar-refractivity contribution is 0.400. The van der Waals surface area contributed by atoms with Crippen molar-refractivity contribution in [3.63, 3.8) is 0 Å². The second-order valence-corrected chi connectivity index (χ2v) is 6.69. The summed E-state index contributed by atoms with van der Waals surface area (Å²) in [6.45, 7) is 2.42. The van der Waals surface area contributed by atoms with Crippen LogP contribution in [0.5, 0.6) is 0 Å². The minimum Gasteiger partial charge on any atom is -0.360 e. The van der Waals surface area contributed by atoms with Crippen molar-refractivity contribution < 1.29 is 4.52 Å². The van der Waals surface area contributed by atoms with Gasteiger partial charge in [0, 0.05) is 29.3 Å². The van der Waals surface area contributed by atoms with E-state index >= 15 is 0 Å². The molecule has 0 spiro atoms. The number of nitrogens with one attached hydrogen (secondary N) is 2. The Morgan fingerprint density at radius 3 is 2.43 bits per heavy atom. The smallest absolute Gasteiger partial charge is 0.225 e. The number of anilines is 3. The third-order valence-electron chi connectivity index (χ3n) is 4.04. The average Bonchev–Trinajstić information content (AvgIpc) is 3.12. The Bertz CT molecular complexity index is 1060. The second-order valence-electron chi connectivity index (χ2n) is 6.26. The first-order valence-electron chi connectivity index (χ1n) is 8.79. The van der Waals surface area contributed by atoms with E-state index in [0.717, 1.165) is 22.6 Å². The van der Waals surface area contributed by atoms with Gasteiger partial charge in [0.15, 0.2) is 5.82 Å². The Labute approximate surface area is 167 Å². The summed E-state index contributed by atoms with van der Waals surface area (Å²) in [5, 5.41) is 11.1. The molecule has 2 heterocycles. The van der Waals surface area contributed by atoms with E-state index in [0.29, 0.717) is 29.2 Å². The predicted molar refractivity (Wildman–Crippen MR) is 111 cm³/mol. The number of hydrogen-bond donors (Lipinski definition) is 2. The number of aryl methyl sites for hydroxylation is 1. The third kappa shape index (κ3) is 4.47. The molecule has 6 nitrogen and oxygen atoms in total. The maximum atomic E-state index is 5.95. The van der Waals surface area contributed by atoms with Crippen LogP contribution >= 0.6 is 11.6 Å². The van der Waals surface area contributed by atoms with Crippen LogP contribution in [0.1, 0.15) is 11.3 Å². The van der Waals surface area contributed by atoms with Crippen molar-refractivity contribution in [1.82, 2.24) is 15.1 Å². The highest BCUT2D eigenvalue weighted by Crippen LogP contribution is 2.24. The fraction of sp³-hybridized carbons (Fsp3) is 0.0952. The number of hydrogen-bond acceptors (Lipinski definition) is 6. The lowest BCUT2D eigenvalue weighted by atomic mass is 10.1. The monoisotopic (exact) mass is 391 g/mol. The quantitative estimate of drug-likeness (QED) is 0.455. The van der Waals surface area contributed by atoms with Gasteiger partial charge in [-0.2, -0.15) is 4.98 Å². The van der Waals surface area contributed by atoms with Crippen LogP contribution in [0.2, 0.25) is 5.02 Å². The third-order valence-corrected chi connectivity index (χ3v) is 4.30. The van der Waals surface area contributed by atoms with E-state index in [2.05, 4.69) is 25.8 Å². The van der Waals surface area contributed by atoms with E-state index in [-0.39, 0.29) is 0 Å². The molecule has 0 amide bonds. The van der Waals surface area contributed by atoms with E-state index in [1.165, 1.54) is 0 Å². The fourth-order valence-electron chi connectivity index (χ4n) is 2.69. The first kappa shape index (κ1) is 18.0.